The van der Waals surface area contributed by atoms with Crippen LogP contribution in [0.3, 0.4) is 0 Å². The molecule has 2 fully saturated rings. The van der Waals surface area contributed by atoms with Crippen LogP contribution in [-0.4, -0.2) is 35.5 Å². The summed E-state index contributed by atoms with van der Waals surface area (Å²) in [6.45, 7) is 0.500. The van der Waals surface area contributed by atoms with Gasteiger partial charge in [0.05, 0.1) is 6.04 Å². The Bertz CT molecular complexity index is 350. The van der Waals surface area contributed by atoms with E-state index in [0.29, 0.717) is 18.9 Å². The molecule has 3 atom stereocenters. The van der Waals surface area contributed by atoms with E-state index in [2.05, 4.69) is 0 Å². The first kappa shape index (κ1) is 8.95. The molecule has 0 aromatic heterocycles. The fraction of sp³-hybridized carbons (Fsp3) is 0.636. The summed E-state index contributed by atoms with van der Waals surface area (Å²) in [5.41, 5.74) is 0. The number of hydrogen-bond acceptors (Lipinski definition) is 3. The zero-order chi connectivity index (χ0) is 10.4. The zero-order valence-electron chi connectivity index (χ0n) is 8.39. The van der Waals surface area contributed by atoms with Crippen LogP contribution >= 0.6 is 0 Å². The minimum absolute atomic E-state index is 0.0521. The molecule has 0 saturated carbocycles. The van der Waals surface area contributed by atoms with E-state index in [1.807, 2.05) is 6.08 Å². The van der Waals surface area contributed by atoms with Crippen LogP contribution in [0.4, 0.5) is 4.79 Å². The lowest BCUT2D eigenvalue weighted by Crippen LogP contribution is -2.51. The predicted octanol–water partition coefficient (Wildman–Crippen LogP) is 1.11. The molecule has 1 aliphatic carbocycles. The standard InChI is InChI=1S/C11H13NO3/c13-9-4-2-7-1-3-8-6-15-11(14)12(8)10(7)5-9/h2,4,7-8,10H,1,3,5-6H2/t7-,8-,10+/m0/s1. The third-order valence-electron chi connectivity index (χ3n) is 3.63. The van der Waals surface area contributed by atoms with Crippen molar-refractivity contribution < 1.29 is 14.3 Å². The van der Waals surface area contributed by atoms with E-state index >= 15 is 0 Å². The lowest BCUT2D eigenvalue weighted by Gasteiger charge is -2.41. The van der Waals surface area contributed by atoms with Crippen molar-refractivity contribution in [3.05, 3.63) is 12.2 Å². The van der Waals surface area contributed by atoms with E-state index in [9.17, 15) is 9.59 Å². The lowest BCUT2D eigenvalue weighted by molar-refractivity contribution is -0.116. The zero-order valence-corrected chi connectivity index (χ0v) is 8.39. The summed E-state index contributed by atoms with van der Waals surface area (Å²) in [6.07, 6.45) is 5.89. The third kappa shape index (κ3) is 1.28. The molecule has 2 aliphatic heterocycles. The number of ketones is 1. The monoisotopic (exact) mass is 207 g/mol. The van der Waals surface area contributed by atoms with Gasteiger partial charge < -0.3 is 4.74 Å². The average molecular weight is 207 g/mol. The molecule has 2 saturated heterocycles. The maximum atomic E-state index is 11.5. The minimum atomic E-state index is -0.238. The second kappa shape index (κ2) is 3.08. The average Bonchev–Trinajstić information content (AvgIpc) is 2.60. The highest BCUT2D eigenvalue weighted by Crippen LogP contribution is 2.36. The number of nitrogens with zero attached hydrogens (tertiary/aromatic N) is 1. The highest BCUT2D eigenvalue weighted by molar-refractivity contribution is 5.91. The highest BCUT2D eigenvalue weighted by atomic mass is 16.6. The van der Waals surface area contributed by atoms with Gasteiger partial charge >= 0.3 is 6.09 Å². The van der Waals surface area contributed by atoms with Gasteiger partial charge in [-0.3, -0.25) is 9.69 Å². The Labute approximate surface area is 87.9 Å². The van der Waals surface area contributed by atoms with E-state index < -0.39 is 0 Å². The van der Waals surface area contributed by atoms with Crippen LogP contribution in [-0.2, 0) is 9.53 Å². The van der Waals surface area contributed by atoms with Gasteiger partial charge in [-0.05, 0) is 24.8 Å². The molecule has 3 aliphatic rings. The predicted molar refractivity (Wildman–Crippen MR) is 52.3 cm³/mol. The van der Waals surface area contributed by atoms with Gasteiger partial charge in [-0.2, -0.15) is 0 Å². The van der Waals surface area contributed by atoms with Crippen LogP contribution in [0.25, 0.3) is 0 Å². The van der Waals surface area contributed by atoms with Crippen LogP contribution in [0.2, 0.25) is 0 Å². The number of carbonyl (C=O) groups excluding carboxylic acids is 2. The maximum Gasteiger partial charge on any atom is 0.410 e. The first-order valence-corrected chi connectivity index (χ1v) is 5.42. The van der Waals surface area contributed by atoms with Gasteiger partial charge in [0.25, 0.3) is 0 Å². The fourth-order valence-electron chi connectivity index (χ4n) is 2.86. The molecular formula is C11H13NO3. The number of allylic oxidation sites excluding steroid dienone is 1. The molecule has 1 amide bonds. The van der Waals surface area contributed by atoms with Gasteiger partial charge in [-0.25, -0.2) is 4.79 Å². The number of carbonyl (C=O) groups is 2. The normalized spacial score (nSPS) is 38.7. The van der Waals surface area contributed by atoms with Gasteiger partial charge in [-0.15, -0.1) is 0 Å². The highest BCUT2D eigenvalue weighted by Gasteiger charge is 2.45. The van der Waals surface area contributed by atoms with Crippen molar-refractivity contribution in [3.8, 4) is 0 Å². The topological polar surface area (TPSA) is 46.6 Å². The molecule has 4 heteroatoms. The van der Waals surface area contributed by atoms with Crippen molar-refractivity contribution in [2.75, 3.05) is 6.61 Å². The minimum Gasteiger partial charge on any atom is -0.447 e. The van der Waals surface area contributed by atoms with E-state index in [1.54, 1.807) is 11.0 Å². The number of piperidine rings is 1. The molecule has 80 valence electrons. The number of hydrogen-bond donors (Lipinski definition) is 0. The summed E-state index contributed by atoms with van der Waals surface area (Å²) in [7, 11) is 0. The van der Waals surface area contributed by atoms with Crippen molar-refractivity contribution in [3.63, 3.8) is 0 Å². The number of cyclic esters (lactones) is 1. The van der Waals surface area contributed by atoms with Crippen molar-refractivity contribution >= 4 is 11.9 Å². The molecule has 0 unspecified atom stereocenters. The van der Waals surface area contributed by atoms with E-state index in [0.717, 1.165) is 12.8 Å². The Balaban J connectivity index is 1.91. The summed E-state index contributed by atoms with van der Waals surface area (Å²) < 4.78 is 5.04. The van der Waals surface area contributed by atoms with Gasteiger partial charge in [0.15, 0.2) is 5.78 Å². The van der Waals surface area contributed by atoms with Crippen LogP contribution in [0.1, 0.15) is 19.3 Å². The van der Waals surface area contributed by atoms with Crippen molar-refractivity contribution in [1.29, 1.82) is 0 Å². The molecule has 0 N–H and O–H groups in total. The smallest absolute Gasteiger partial charge is 0.410 e. The molecule has 2 heterocycles. The van der Waals surface area contributed by atoms with Crippen LogP contribution in [0.15, 0.2) is 12.2 Å². The first-order chi connectivity index (χ1) is 7.25. The number of amides is 1. The van der Waals surface area contributed by atoms with Crippen LogP contribution in [0, 0.1) is 5.92 Å². The Morgan fingerprint density at radius 3 is 3.07 bits per heavy atom. The second-order valence-corrected chi connectivity index (χ2v) is 4.48. The van der Waals surface area contributed by atoms with E-state index in [4.69, 9.17) is 4.74 Å². The Morgan fingerprint density at radius 2 is 2.20 bits per heavy atom. The Morgan fingerprint density at radius 1 is 1.33 bits per heavy atom. The molecular weight excluding hydrogens is 194 g/mol. The Kier molecular flexibility index (Phi) is 1.84. The second-order valence-electron chi connectivity index (χ2n) is 4.48. The van der Waals surface area contributed by atoms with Gasteiger partial charge in [0.1, 0.15) is 6.61 Å². The quantitative estimate of drug-likeness (QED) is 0.598. The summed E-state index contributed by atoms with van der Waals surface area (Å²) in [6, 6.07) is 0.259. The SMILES string of the molecule is O=C1C=C[C@@H]2CC[C@H]3COC(=O)N3[C@@H]2C1. The summed E-state index contributed by atoms with van der Waals surface area (Å²) in [5.74, 6) is 0.473. The fourth-order valence-corrected chi connectivity index (χ4v) is 2.86. The van der Waals surface area contributed by atoms with Crippen molar-refractivity contribution in [2.24, 2.45) is 5.92 Å². The summed E-state index contributed by atoms with van der Waals surface area (Å²) in [5, 5.41) is 0. The molecule has 3 rings (SSSR count). The first-order valence-electron chi connectivity index (χ1n) is 5.42. The Hall–Kier alpha value is -1.32. The molecule has 0 radical (unpaired) electrons. The summed E-state index contributed by atoms with van der Waals surface area (Å²) >= 11 is 0. The third-order valence-corrected chi connectivity index (χ3v) is 3.63. The molecule has 4 nitrogen and oxygen atoms in total. The molecule has 0 aromatic carbocycles. The van der Waals surface area contributed by atoms with Gasteiger partial charge in [0, 0.05) is 12.5 Å². The lowest BCUT2D eigenvalue weighted by atomic mass is 9.80. The molecule has 0 spiro atoms. The van der Waals surface area contributed by atoms with Gasteiger partial charge in [0.2, 0.25) is 0 Å². The van der Waals surface area contributed by atoms with Crippen molar-refractivity contribution in [1.82, 2.24) is 4.90 Å². The van der Waals surface area contributed by atoms with Crippen LogP contribution in [0.5, 0.6) is 0 Å². The molecule has 15 heavy (non-hydrogen) atoms. The maximum absolute atomic E-state index is 11.5. The van der Waals surface area contributed by atoms with E-state index in [1.165, 1.54) is 0 Å². The molecule has 0 aromatic rings. The number of ether oxygens (including phenoxy) is 1. The number of fused-ring (bicyclic) bond motifs is 3. The van der Waals surface area contributed by atoms with Crippen molar-refractivity contribution in [2.45, 2.75) is 31.3 Å². The largest absolute Gasteiger partial charge is 0.447 e. The summed E-state index contributed by atoms with van der Waals surface area (Å²) in [4.78, 5) is 24.7. The van der Waals surface area contributed by atoms with E-state index in [-0.39, 0.29) is 24.0 Å². The number of rotatable bonds is 0. The molecule has 0 bridgehead atoms. The van der Waals surface area contributed by atoms with Gasteiger partial charge in [-0.1, -0.05) is 6.08 Å². The van der Waals surface area contributed by atoms with Crippen LogP contribution < -0.4 is 0 Å².